The van der Waals surface area contributed by atoms with Crippen molar-refractivity contribution in [1.82, 2.24) is 24.1 Å². The van der Waals surface area contributed by atoms with Crippen molar-refractivity contribution in [3.8, 4) is 45.5 Å². The van der Waals surface area contributed by atoms with Crippen LogP contribution in [0.1, 0.15) is 0 Å². The van der Waals surface area contributed by atoms with Crippen LogP contribution in [0.2, 0.25) is 0 Å². The molecule has 0 bridgehead atoms. The van der Waals surface area contributed by atoms with Gasteiger partial charge in [-0.1, -0.05) is 146 Å². The highest BCUT2D eigenvalue weighted by Crippen LogP contribution is 2.42. The minimum atomic E-state index is 0.540. The van der Waals surface area contributed by atoms with Crippen LogP contribution in [-0.4, -0.2) is 24.1 Å². The van der Waals surface area contributed by atoms with Crippen molar-refractivity contribution < 1.29 is 4.42 Å². The van der Waals surface area contributed by atoms with Gasteiger partial charge in [-0.05, 0) is 53.6 Å². The zero-order valence-corrected chi connectivity index (χ0v) is 30.5. The Kier molecular flexibility index (Phi) is 6.83. The lowest BCUT2D eigenvalue weighted by molar-refractivity contribution is 0.669. The van der Waals surface area contributed by atoms with Crippen LogP contribution in [0.25, 0.3) is 111 Å². The van der Waals surface area contributed by atoms with Crippen molar-refractivity contribution in [3.63, 3.8) is 0 Å². The first-order valence-corrected chi connectivity index (χ1v) is 19.1. The SMILES string of the molecule is c1ccc(-c2nc(-c3ccc4c(c3)oc3cccc(-c5ccccc5)c34)nc(-n3c4ccccc4c4ccc5c6ccccc6n(-c6ccccc6)c5c43)n2)cc1. The van der Waals surface area contributed by atoms with E-state index in [1.807, 2.05) is 42.5 Å². The summed E-state index contributed by atoms with van der Waals surface area (Å²) in [6, 6.07) is 65.4. The van der Waals surface area contributed by atoms with Gasteiger partial charge in [0.25, 0.3) is 0 Å². The zero-order chi connectivity index (χ0) is 37.5. The first kappa shape index (κ1) is 31.5. The Labute approximate surface area is 326 Å². The van der Waals surface area contributed by atoms with Crippen molar-refractivity contribution >= 4 is 65.6 Å². The topological polar surface area (TPSA) is 61.7 Å². The van der Waals surface area contributed by atoms with Gasteiger partial charge in [0.15, 0.2) is 11.6 Å². The molecule has 0 amide bonds. The molecule has 266 valence electrons. The molecule has 12 aromatic rings. The van der Waals surface area contributed by atoms with E-state index in [9.17, 15) is 0 Å². The third-order valence-electron chi connectivity index (χ3n) is 11.2. The average Bonchev–Trinajstić information content (AvgIpc) is 3.95. The number of rotatable bonds is 5. The zero-order valence-electron chi connectivity index (χ0n) is 30.5. The van der Waals surface area contributed by atoms with E-state index in [1.165, 1.54) is 5.39 Å². The maximum atomic E-state index is 6.56. The molecule has 0 spiro atoms. The molecule has 0 aliphatic rings. The molecule has 0 radical (unpaired) electrons. The Hall–Kier alpha value is -7.83. The van der Waals surface area contributed by atoms with Crippen molar-refractivity contribution in [2.45, 2.75) is 0 Å². The van der Waals surface area contributed by atoms with Gasteiger partial charge in [0.1, 0.15) is 11.2 Å². The molecule has 0 aliphatic carbocycles. The van der Waals surface area contributed by atoms with Crippen molar-refractivity contribution in [2.75, 3.05) is 0 Å². The smallest absolute Gasteiger partial charge is 0.238 e. The van der Waals surface area contributed by atoms with E-state index in [4.69, 9.17) is 19.4 Å². The van der Waals surface area contributed by atoms with Gasteiger partial charge < -0.3 is 8.98 Å². The molecule has 0 saturated heterocycles. The first-order chi connectivity index (χ1) is 28.3. The van der Waals surface area contributed by atoms with E-state index < -0.39 is 0 Å². The van der Waals surface area contributed by atoms with Gasteiger partial charge in [0, 0.05) is 49.1 Å². The predicted molar refractivity (Wildman–Crippen MR) is 232 cm³/mol. The lowest BCUT2D eigenvalue weighted by atomic mass is 9.99. The molecule has 6 heteroatoms. The fourth-order valence-corrected chi connectivity index (χ4v) is 8.69. The summed E-state index contributed by atoms with van der Waals surface area (Å²) < 4.78 is 11.2. The number of fused-ring (bicyclic) bond motifs is 10. The number of hydrogen-bond donors (Lipinski definition) is 0. The minimum absolute atomic E-state index is 0.540. The standard InChI is InChI=1S/C51H31N5O/c1-4-15-32(16-5-1)36-23-14-26-44-46(36)41-28-27-34(31-45(41)57-44)50-52-49(33-17-6-2-7-18-33)53-51(54-50)56-43-25-13-11-22-38(43)40-30-29-39-37-21-10-12-24-42(37)55(47(39)48(40)56)35-19-8-3-9-20-35/h1-31H. The highest BCUT2D eigenvalue weighted by Gasteiger charge is 2.24. The summed E-state index contributed by atoms with van der Waals surface area (Å²) in [7, 11) is 0. The van der Waals surface area contributed by atoms with E-state index in [0.29, 0.717) is 17.6 Å². The first-order valence-electron chi connectivity index (χ1n) is 19.1. The molecule has 6 nitrogen and oxygen atoms in total. The van der Waals surface area contributed by atoms with Crippen LogP contribution in [0.3, 0.4) is 0 Å². The number of para-hydroxylation sites is 3. The van der Waals surface area contributed by atoms with Crippen molar-refractivity contribution in [3.05, 3.63) is 188 Å². The van der Waals surface area contributed by atoms with E-state index in [-0.39, 0.29) is 0 Å². The Morgan fingerprint density at radius 2 is 0.930 bits per heavy atom. The molecule has 8 aromatic carbocycles. The summed E-state index contributed by atoms with van der Waals surface area (Å²) >= 11 is 0. The molecule has 0 N–H and O–H groups in total. The van der Waals surface area contributed by atoms with Gasteiger partial charge in [-0.25, -0.2) is 4.98 Å². The third kappa shape index (κ3) is 4.81. The van der Waals surface area contributed by atoms with Crippen LogP contribution in [0, 0.1) is 0 Å². The van der Waals surface area contributed by atoms with Crippen LogP contribution >= 0.6 is 0 Å². The number of furan rings is 1. The van der Waals surface area contributed by atoms with Gasteiger partial charge in [-0.15, -0.1) is 0 Å². The van der Waals surface area contributed by atoms with Gasteiger partial charge in [-0.3, -0.25) is 4.57 Å². The second kappa shape index (κ2) is 12.3. The molecule has 57 heavy (non-hydrogen) atoms. The van der Waals surface area contributed by atoms with Crippen LogP contribution in [0.15, 0.2) is 192 Å². The van der Waals surface area contributed by atoms with Crippen molar-refractivity contribution in [2.24, 2.45) is 0 Å². The highest BCUT2D eigenvalue weighted by atomic mass is 16.3. The van der Waals surface area contributed by atoms with E-state index in [0.717, 1.165) is 88.1 Å². The van der Waals surface area contributed by atoms with Crippen LogP contribution in [0.4, 0.5) is 0 Å². The predicted octanol–water partition coefficient (Wildman–Crippen LogP) is 13.0. The fourth-order valence-electron chi connectivity index (χ4n) is 8.69. The molecule has 4 heterocycles. The summed E-state index contributed by atoms with van der Waals surface area (Å²) in [5.41, 5.74) is 11.0. The quantitative estimate of drug-likeness (QED) is 0.177. The Morgan fingerprint density at radius 1 is 0.368 bits per heavy atom. The lowest BCUT2D eigenvalue weighted by Crippen LogP contribution is -2.07. The second-order valence-electron chi connectivity index (χ2n) is 14.4. The maximum absolute atomic E-state index is 6.56. The van der Waals surface area contributed by atoms with Crippen LogP contribution in [0.5, 0.6) is 0 Å². The Balaban J connectivity index is 1.16. The summed E-state index contributed by atoms with van der Waals surface area (Å²) in [4.78, 5) is 15.8. The molecule has 4 aromatic heterocycles. The minimum Gasteiger partial charge on any atom is -0.456 e. The van der Waals surface area contributed by atoms with E-state index in [2.05, 4.69) is 155 Å². The summed E-state index contributed by atoms with van der Waals surface area (Å²) in [6.45, 7) is 0. The normalized spacial score (nSPS) is 11.9. The molecule has 0 atom stereocenters. The molecular weight excluding hydrogens is 699 g/mol. The fraction of sp³-hybridized carbons (Fsp3) is 0. The summed E-state index contributed by atoms with van der Waals surface area (Å²) in [5, 5.41) is 6.73. The monoisotopic (exact) mass is 729 g/mol. The lowest BCUT2D eigenvalue weighted by Gasteiger charge is -2.13. The Bertz CT molecular complexity index is 3510. The van der Waals surface area contributed by atoms with E-state index >= 15 is 0 Å². The maximum Gasteiger partial charge on any atom is 0.238 e. The number of nitrogens with zero attached hydrogens (tertiary/aromatic N) is 5. The van der Waals surface area contributed by atoms with Crippen LogP contribution in [-0.2, 0) is 0 Å². The van der Waals surface area contributed by atoms with Gasteiger partial charge in [0.05, 0.1) is 22.1 Å². The number of benzene rings is 8. The van der Waals surface area contributed by atoms with Crippen LogP contribution < -0.4 is 0 Å². The summed E-state index contributed by atoms with van der Waals surface area (Å²) in [6.07, 6.45) is 0. The average molecular weight is 730 g/mol. The van der Waals surface area contributed by atoms with Gasteiger partial charge in [0.2, 0.25) is 5.95 Å². The Morgan fingerprint density at radius 3 is 1.63 bits per heavy atom. The summed E-state index contributed by atoms with van der Waals surface area (Å²) in [5.74, 6) is 1.69. The van der Waals surface area contributed by atoms with Crippen molar-refractivity contribution in [1.29, 1.82) is 0 Å². The molecule has 0 unspecified atom stereocenters. The molecule has 0 fully saturated rings. The largest absolute Gasteiger partial charge is 0.456 e. The molecular formula is C51H31N5O. The van der Waals surface area contributed by atoms with E-state index in [1.54, 1.807) is 0 Å². The number of hydrogen-bond acceptors (Lipinski definition) is 4. The van der Waals surface area contributed by atoms with Gasteiger partial charge in [-0.2, -0.15) is 9.97 Å². The second-order valence-corrected chi connectivity index (χ2v) is 14.4. The number of aromatic nitrogens is 5. The molecule has 0 aliphatic heterocycles. The third-order valence-corrected chi connectivity index (χ3v) is 11.2. The molecule has 12 rings (SSSR count). The van der Waals surface area contributed by atoms with Gasteiger partial charge >= 0.3 is 0 Å². The highest BCUT2D eigenvalue weighted by molar-refractivity contribution is 6.23. The molecule has 0 saturated carbocycles.